The third-order valence-electron chi connectivity index (χ3n) is 7.09. The molecule has 0 aliphatic heterocycles. The second-order valence-corrected chi connectivity index (χ2v) is 14.6. The quantitative estimate of drug-likeness (QED) is 0.0725. The van der Waals surface area contributed by atoms with Crippen molar-refractivity contribution in [1.82, 2.24) is 0 Å². The Labute approximate surface area is 238 Å². The summed E-state index contributed by atoms with van der Waals surface area (Å²) in [7, 11) is 0. The van der Waals surface area contributed by atoms with Gasteiger partial charge in [0.15, 0.2) is 0 Å². The minimum absolute atomic E-state index is 0.0510. The Hall–Kier alpha value is 0.554. The molecule has 0 aromatic heterocycles. The van der Waals surface area contributed by atoms with Crippen LogP contribution in [0.15, 0.2) is 0 Å². The molecule has 0 amide bonds. The molecule has 1 atom stereocenters. The summed E-state index contributed by atoms with van der Waals surface area (Å²) in [6.45, 7) is 12.4. The molecule has 0 saturated carbocycles. The second kappa shape index (κ2) is 26.8. The first-order valence-corrected chi connectivity index (χ1v) is 19.2. The van der Waals surface area contributed by atoms with Crippen LogP contribution >= 0.6 is 0 Å². The van der Waals surface area contributed by atoms with Crippen LogP contribution in [0.25, 0.3) is 0 Å². The molecule has 0 rings (SSSR count). The Morgan fingerprint density at radius 2 is 0.703 bits per heavy atom. The van der Waals surface area contributed by atoms with E-state index in [-0.39, 0.29) is 18.3 Å². The van der Waals surface area contributed by atoms with Crippen LogP contribution in [0.2, 0.25) is 0 Å². The molecular formula is C32H68O4Ti. The van der Waals surface area contributed by atoms with Crippen molar-refractivity contribution in [3.8, 4) is 0 Å². The van der Waals surface area contributed by atoms with Gasteiger partial charge in [0.25, 0.3) is 0 Å². The zero-order chi connectivity index (χ0) is 27.6. The summed E-state index contributed by atoms with van der Waals surface area (Å²) in [5.74, 6) is 0. The Morgan fingerprint density at radius 1 is 0.432 bits per heavy atom. The van der Waals surface area contributed by atoms with Gasteiger partial charge in [-0.25, -0.2) is 0 Å². The van der Waals surface area contributed by atoms with Crippen LogP contribution in [0, 0.1) is 0 Å². The fraction of sp³-hybridized carbons (Fsp3) is 1.00. The molecule has 224 valence electrons. The molecule has 1 unspecified atom stereocenters. The predicted molar refractivity (Wildman–Crippen MR) is 157 cm³/mol. The van der Waals surface area contributed by atoms with Crippen LogP contribution in [-0.4, -0.2) is 22.0 Å². The van der Waals surface area contributed by atoms with E-state index in [1.54, 1.807) is 0 Å². The van der Waals surface area contributed by atoms with E-state index in [1.807, 2.05) is 27.7 Å². The van der Waals surface area contributed by atoms with Gasteiger partial charge in [-0.15, -0.1) is 0 Å². The molecule has 0 fully saturated rings. The number of unbranched alkanes of at least 4 members (excludes halogenated alkanes) is 19. The van der Waals surface area contributed by atoms with Crippen molar-refractivity contribution in [2.24, 2.45) is 0 Å². The maximum absolute atomic E-state index is 11.2. The van der Waals surface area contributed by atoms with Crippen molar-refractivity contribution >= 4 is 0 Å². The van der Waals surface area contributed by atoms with Crippen molar-refractivity contribution in [2.75, 3.05) is 0 Å². The summed E-state index contributed by atoms with van der Waals surface area (Å²) in [6.07, 6.45) is 30.1. The van der Waals surface area contributed by atoms with Gasteiger partial charge in [-0.1, -0.05) is 33.1 Å². The van der Waals surface area contributed by atoms with E-state index < -0.39 is 18.1 Å². The fourth-order valence-electron chi connectivity index (χ4n) is 5.05. The first-order chi connectivity index (χ1) is 17.8. The monoisotopic (exact) mass is 564 g/mol. The van der Waals surface area contributed by atoms with Crippen LogP contribution in [0.4, 0.5) is 0 Å². The van der Waals surface area contributed by atoms with Gasteiger partial charge < -0.3 is 0 Å². The van der Waals surface area contributed by atoms with Crippen LogP contribution in [0.1, 0.15) is 189 Å². The van der Waals surface area contributed by atoms with E-state index in [4.69, 9.17) is 9.96 Å². The fourth-order valence-corrected chi connectivity index (χ4v) is 8.19. The predicted octanol–water partition coefficient (Wildman–Crippen LogP) is 11.0. The molecule has 37 heavy (non-hydrogen) atoms. The molecule has 0 spiro atoms. The van der Waals surface area contributed by atoms with Crippen LogP contribution in [-0.2, 0) is 28.1 Å². The summed E-state index contributed by atoms with van der Waals surface area (Å²) in [5, 5.41) is 0. The second-order valence-electron chi connectivity index (χ2n) is 11.9. The van der Waals surface area contributed by atoms with Crippen molar-refractivity contribution in [2.45, 2.75) is 208 Å². The van der Waals surface area contributed by atoms with E-state index in [9.17, 15) is 3.69 Å². The molecule has 0 aromatic carbocycles. The van der Waals surface area contributed by atoms with E-state index in [1.165, 1.54) is 135 Å². The molecule has 0 radical (unpaired) electrons. The number of rotatable bonds is 29. The standard InChI is InChI=1S/C26H53O.2C3H7O.H2O.Ti/c1-3-5-7-9-11-13-15-17-19-21-23-25-26(27)24-22-20-18-16-14-12-10-8-6-4-2;2*1-3(2)4;;/h26H,3-25H2,1-2H3;2*3H,1-2H3;1H2;/q3*-1;;+4/p-1. The zero-order valence-corrected chi connectivity index (χ0v) is 27.7. The Balaban J connectivity index is 4.37. The van der Waals surface area contributed by atoms with E-state index in [0.717, 1.165) is 12.8 Å². The van der Waals surface area contributed by atoms with Crippen molar-refractivity contribution in [3.63, 3.8) is 0 Å². The summed E-state index contributed by atoms with van der Waals surface area (Å²) >= 11 is -4.22. The zero-order valence-electron chi connectivity index (χ0n) is 26.2. The molecule has 0 saturated heterocycles. The van der Waals surface area contributed by atoms with Gasteiger partial charge in [0.05, 0.1) is 0 Å². The molecule has 4 nitrogen and oxygen atoms in total. The van der Waals surface area contributed by atoms with Crippen molar-refractivity contribution in [1.29, 1.82) is 0 Å². The third kappa shape index (κ3) is 26.5. The summed E-state index contributed by atoms with van der Waals surface area (Å²) in [6, 6.07) is 0. The van der Waals surface area contributed by atoms with Gasteiger partial charge >= 0.3 is 206 Å². The average Bonchev–Trinajstić information content (AvgIpc) is 2.82. The van der Waals surface area contributed by atoms with E-state index >= 15 is 0 Å². The summed E-state index contributed by atoms with van der Waals surface area (Å²) < 4.78 is 29.3. The van der Waals surface area contributed by atoms with E-state index in [2.05, 4.69) is 13.8 Å². The Morgan fingerprint density at radius 3 is 0.973 bits per heavy atom. The molecule has 0 heterocycles. The SMILES string of the molecule is CCCCCCCCCCCCCC(CCCCCCCCCCCC)[O][Ti]([OH])([O]C(C)C)[O]C(C)C. The molecular weight excluding hydrogens is 496 g/mol. The minimum atomic E-state index is -4.22. The molecule has 0 bridgehead atoms. The van der Waals surface area contributed by atoms with Gasteiger partial charge in [-0.05, 0) is 0 Å². The normalized spacial score (nSPS) is 13.2. The van der Waals surface area contributed by atoms with E-state index in [0.29, 0.717) is 0 Å². The van der Waals surface area contributed by atoms with Gasteiger partial charge in [0.2, 0.25) is 0 Å². The third-order valence-corrected chi connectivity index (χ3v) is 10.5. The molecule has 5 heteroatoms. The first kappa shape index (κ1) is 37.6. The van der Waals surface area contributed by atoms with Crippen molar-refractivity contribution in [3.05, 3.63) is 0 Å². The van der Waals surface area contributed by atoms with Gasteiger partial charge in [0.1, 0.15) is 0 Å². The molecule has 0 aliphatic carbocycles. The summed E-state index contributed by atoms with van der Waals surface area (Å²) in [5.41, 5.74) is 0. The maximum atomic E-state index is 11.2. The topological polar surface area (TPSA) is 47.9 Å². The van der Waals surface area contributed by atoms with Crippen LogP contribution < -0.4 is 0 Å². The number of hydrogen-bond acceptors (Lipinski definition) is 4. The van der Waals surface area contributed by atoms with Gasteiger partial charge in [0, 0.05) is 0 Å². The Bertz CT molecular complexity index is 448. The molecule has 0 aliphatic rings. The van der Waals surface area contributed by atoms with Gasteiger partial charge in [-0.3, -0.25) is 0 Å². The van der Waals surface area contributed by atoms with Crippen LogP contribution in [0.5, 0.6) is 0 Å². The Kier molecular flexibility index (Phi) is 27.2. The van der Waals surface area contributed by atoms with Crippen molar-refractivity contribution < 1.29 is 31.8 Å². The first-order valence-electron chi connectivity index (χ1n) is 16.6. The molecule has 0 aromatic rings. The van der Waals surface area contributed by atoms with Gasteiger partial charge in [-0.2, -0.15) is 0 Å². The number of hydrogen-bond donors (Lipinski definition) is 1. The molecule has 1 N–H and O–H groups in total. The average molecular weight is 565 g/mol. The summed E-state index contributed by atoms with van der Waals surface area (Å²) in [4.78, 5) is 0. The van der Waals surface area contributed by atoms with Crippen LogP contribution in [0.3, 0.4) is 0 Å².